The minimum atomic E-state index is 0.607. The summed E-state index contributed by atoms with van der Waals surface area (Å²) in [6, 6.07) is 6.57. The van der Waals surface area contributed by atoms with Crippen molar-refractivity contribution in [2.75, 3.05) is 31.4 Å². The van der Waals surface area contributed by atoms with Crippen molar-refractivity contribution in [2.45, 2.75) is 26.2 Å². The van der Waals surface area contributed by atoms with E-state index < -0.39 is 0 Å². The summed E-state index contributed by atoms with van der Waals surface area (Å²) in [5, 5.41) is 3.19. The lowest BCUT2D eigenvalue weighted by molar-refractivity contribution is 0.732. The third kappa shape index (κ3) is 2.65. The zero-order valence-corrected chi connectivity index (χ0v) is 10.5. The van der Waals surface area contributed by atoms with Crippen LogP contribution >= 0.6 is 0 Å². The van der Waals surface area contributed by atoms with Gasteiger partial charge in [-0.2, -0.15) is 0 Å². The molecule has 0 radical (unpaired) electrons. The number of nitrogens with zero attached hydrogens (tertiary/aromatic N) is 1. The van der Waals surface area contributed by atoms with Gasteiger partial charge in [0.15, 0.2) is 0 Å². The average molecular weight is 206 g/mol. The molecule has 1 aromatic carbocycles. The Morgan fingerprint density at radius 1 is 1.33 bits per heavy atom. The maximum absolute atomic E-state index is 3.19. The molecule has 0 aliphatic heterocycles. The first kappa shape index (κ1) is 11.9. The highest BCUT2D eigenvalue weighted by Gasteiger charge is 2.10. The van der Waals surface area contributed by atoms with Crippen molar-refractivity contribution >= 4 is 11.4 Å². The van der Waals surface area contributed by atoms with Crippen LogP contribution in [-0.2, 0) is 0 Å². The minimum absolute atomic E-state index is 0.607. The second kappa shape index (κ2) is 5.06. The van der Waals surface area contributed by atoms with Crippen molar-refractivity contribution in [1.29, 1.82) is 0 Å². The Morgan fingerprint density at radius 3 is 2.47 bits per heavy atom. The van der Waals surface area contributed by atoms with Crippen molar-refractivity contribution in [1.82, 2.24) is 0 Å². The molecular weight excluding hydrogens is 184 g/mol. The molecule has 1 atom stereocenters. The van der Waals surface area contributed by atoms with E-state index in [-0.39, 0.29) is 0 Å². The van der Waals surface area contributed by atoms with Crippen molar-refractivity contribution in [2.24, 2.45) is 0 Å². The highest BCUT2D eigenvalue weighted by Crippen LogP contribution is 2.30. The van der Waals surface area contributed by atoms with Crippen LogP contribution < -0.4 is 10.2 Å². The molecule has 1 N–H and O–H groups in total. The topological polar surface area (TPSA) is 15.3 Å². The van der Waals surface area contributed by atoms with Crippen LogP contribution in [0.5, 0.6) is 0 Å². The Bertz CT molecular complexity index is 318. The fourth-order valence-corrected chi connectivity index (χ4v) is 1.73. The van der Waals surface area contributed by atoms with E-state index in [0.29, 0.717) is 5.92 Å². The lowest BCUT2D eigenvalue weighted by atomic mass is 9.96. The van der Waals surface area contributed by atoms with E-state index >= 15 is 0 Å². The third-order valence-electron chi connectivity index (χ3n) is 2.94. The second-order valence-corrected chi connectivity index (χ2v) is 4.23. The first-order valence-electron chi connectivity index (χ1n) is 5.59. The van der Waals surface area contributed by atoms with Crippen molar-refractivity contribution < 1.29 is 0 Å². The van der Waals surface area contributed by atoms with Crippen LogP contribution in [0.1, 0.15) is 31.7 Å². The molecule has 0 saturated carbocycles. The van der Waals surface area contributed by atoms with Gasteiger partial charge in [-0.25, -0.2) is 0 Å². The van der Waals surface area contributed by atoms with Crippen LogP contribution in [0.15, 0.2) is 18.2 Å². The number of hydrogen-bond donors (Lipinski definition) is 1. The molecule has 84 valence electrons. The summed E-state index contributed by atoms with van der Waals surface area (Å²) >= 11 is 0. The standard InChI is InChI=1S/C13H22N2/c1-6-10(2)12-9-11(14-3)7-8-13(12)15(4)5/h7-10,14H,6H2,1-5H3. The molecule has 1 rings (SSSR count). The maximum atomic E-state index is 3.19. The highest BCUT2D eigenvalue weighted by molar-refractivity contribution is 5.61. The second-order valence-electron chi connectivity index (χ2n) is 4.23. The van der Waals surface area contributed by atoms with E-state index in [4.69, 9.17) is 0 Å². The summed E-state index contributed by atoms with van der Waals surface area (Å²) in [6.07, 6.45) is 1.17. The van der Waals surface area contributed by atoms with Crippen LogP contribution in [0.3, 0.4) is 0 Å². The molecule has 1 unspecified atom stereocenters. The molecule has 0 aliphatic rings. The quantitative estimate of drug-likeness (QED) is 0.813. The fourth-order valence-electron chi connectivity index (χ4n) is 1.73. The smallest absolute Gasteiger partial charge is 0.0397 e. The number of nitrogens with one attached hydrogen (secondary N) is 1. The normalized spacial score (nSPS) is 12.3. The van der Waals surface area contributed by atoms with Crippen LogP contribution in [0.4, 0.5) is 11.4 Å². The number of benzene rings is 1. The van der Waals surface area contributed by atoms with Crippen molar-refractivity contribution in [3.63, 3.8) is 0 Å². The van der Waals surface area contributed by atoms with Crippen LogP contribution in [0.2, 0.25) is 0 Å². The maximum Gasteiger partial charge on any atom is 0.0397 e. The lowest BCUT2D eigenvalue weighted by Crippen LogP contribution is -2.12. The van der Waals surface area contributed by atoms with Gasteiger partial charge in [0.2, 0.25) is 0 Å². The van der Waals surface area contributed by atoms with Gasteiger partial charge in [-0.3, -0.25) is 0 Å². The molecule has 0 amide bonds. The van der Waals surface area contributed by atoms with E-state index in [1.807, 2.05) is 7.05 Å². The van der Waals surface area contributed by atoms with Gasteiger partial charge in [0.25, 0.3) is 0 Å². The Balaban J connectivity index is 3.16. The molecule has 0 aromatic heterocycles. The fraction of sp³-hybridized carbons (Fsp3) is 0.538. The van der Waals surface area contributed by atoms with Crippen LogP contribution in [-0.4, -0.2) is 21.1 Å². The monoisotopic (exact) mass is 206 g/mol. The van der Waals surface area contributed by atoms with Gasteiger partial charge in [-0.05, 0) is 36.1 Å². The predicted molar refractivity (Wildman–Crippen MR) is 69.0 cm³/mol. The van der Waals surface area contributed by atoms with Crippen molar-refractivity contribution in [3.8, 4) is 0 Å². The van der Waals surface area contributed by atoms with Gasteiger partial charge in [-0.1, -0.05) is 13.8 Å². The Hall–Kier alpha value is -1.18. The molecule has 0 heterocycles. The summed E-state index contributed by atoms with van der Waals surface area (Å²) in [5.41, 5.74) is 3.94. The Morgan fingerprint density at radius 2 is 2.00 bits per heavy atom. The first-order valence-corrected chi connectivity index (χ1v) is 5.59. The molecular formula is C13H22N2. The summed E-state index contributed by atoms with van der Waals surface area (Å²) < 4.78 is 0. The predicted octanol–water partition coefficient (Wildman–Crippen LogP) is 3.31. The summed E-state index contributed by atoms with van der Waals surface area (Å²) in [6.45, 7) is 4.51. The molecule has 2 heteroatoms. The van der Waals surface area contributed by atoms with Gasteiger partial charge >= 0.3 is 0 Å². The summed E-state index contributed by atoms with van der Waals surface area (Å²) in [5.74, 6) is 0.607. The number of rotatable bonds is 4. The summed E-state index contributed by atoms with van der Waals surface area (Å²) in [4.78, 5) is 2.18. The van der Waals surface area contributed by atoms with E-state index in [1.165, 1.54) is 23.4 Å². The van der Waals surface area contributed by atoms with Crippen molar-refractivity contribution in [3.05, 3.63) is 23.8 Å². The van der Waals surface area contributed by atoms with Crippen LogP contribution in [0, 0.1) is 0 Å². The molecule has 0 spiro atoms. The van der Waals surface area contributed by atoms with E-state index in [9.17, 15) is 0 Å². The van der Waals surface area contributed by atoms with E-state index in [0.717, 1.165) is 0 Å². The van der Waals surface area contributed by atoms with Gasteiger partial charge in [0, 0.05) is 32.5 Å². The van der Waals surface area contributed by atoms with E-state index in [1.54, 1.807) is 0 Å². The molecule has 15 heavy (non-hydrogen) atoms. The Labute approximate surface area is 93.3 Å². The number of hydrogen-bond acceptors (Lipinski definition) is 2. The van der Waals surface area contributed by atoms with E-state index in [2.05, 4.69) is 56.4 Å². The zero-order valence-electron chi connectivity index (χ0n) is 10.5. The molecule has 0 fully saturated rings. The van der Waals surface area contributed by atoms with Gasteiger partial charge in [0.1, 0.15) is 0 Å². The number of anilines is 2. The van der Waals surface area contributed by atoms with Gasteiger partial charge in [-0.15, -0.1) is 0 Å². The van der Waals surface area contributed by atoms with Crippen LogP contribution in [0.25, 0.3) is 0 Å². The molecule has 0 bridgehead atoms. The molecule has 1 aromatic rings. The SMILES string of the molecule is CCC(C)c1cc(NC)ccc1N(C)C. The molecule has 2 nitrogen and oxygen atoms in total. The van der Waals surface area contributed by atoms with Gasteiger partial charge in [0.05, 0.1) is 0 Å². The molecule has 0 aliphatic carbocycles. The van der Waals surface area contributed by atoms with Gasteiger partial charge < -0.3 is 10.2 Å². The minimum Gasteiger partial charge on any atom is -0.388 e. The molecule has 0 saturated heterocycles. The third-order valence-corrected chi connectivity index (χ3v) is 2.94. The summed E-state index contributed by atoms with van der Waals surface area (Å²) in [7, 11) is 6.16. The highest BCUT2D eigenvalue weighted by atomic mass is 15.1. The lowest BCUT2D eigenvalue weighted by Gasteiger charge is -2.22. The largest absolute Gasteiger partial charge is 0.388 e. The first-order chi connectivity index (χ1) is 7.10. The Kier molecular flexibility index (Phi) is 4.01. The average Bonchev–Trinajstić information content (AvgIpc) is 2.26. The zero-order chi connectivity index (χ0) is 11.4.